The lowest BCUT2D eigenvalue weighted by Crippen LogP contribution is -2.18. The Labute approximate surface area is 124 Å². The van der Waals surface area contributed by atoms with Gasteiger partial charge in [0, 0.05) is 11.1 Å². The topological polar surface area (TPSA) is 71.1 Å². The quantitative estimate of drug-likeness (QED) is 0.880. The summed E-state index contributed by atoms with van der Waals surface area (Å²) in [5.74, 6) is -0.532. The number of hydrogen-bond acceptors (Lipinski definition) is 5. The Balaban J connectivity index is 2.21. The highest BCUT2D eigenvalue weighted by atomic mass is 35.5. The molecule has 2 aromatic rings. The second-order valence-electron chi connectivity index (χ2n) is 3.78. The Morgan fingerprint density at radius 2 is 2.20 bits per heavy atom. The van der Waals surface area contributed by atoms with Crippen molar-refractivity contribution in [3.8, 4) is 0 Å². The predicted molar refractivity (Wildman–Crippen MR) is 77.1 cm³/mol. The molecule has 0 saturated heterocycles. The van der Waals surface area contributed by atoms with Gasteiger partial charge in [-0.05, 0) is 25.2 Å². The number of anilines is 1. The van der Waals surface area contributed by atoms with E-state index in [-0.39, 0.29) is 10.6 Å². The molecule has 1 aromatic carbocycles. The van der Waals surface area contributed by atoms with Crippen LogP contribution in [0.25, 0.3) is 0 Å². The van der Waals surface area contributed by atoms with Crippen molar-refractivity contribution in [2.45, 2.75) is 11.4 Å². The van der Waals surface area contributed by atoms with E-state index < -0.39 is 15.8 Å². The summed E-state index contributed by atoms with van der Waals surface area (Å²) in [6.45, 7) is 0.310. The highest BCUT2D eigenvalue weighted by Gasteiger charge is 2.14. The number of rotatable bonds is 5. The minimum atomic E-state index is -3.60. The highest BCUT2D eigenvalue weighted by Crippen LogP contribution is 2.22. The number of hydrogen-bond donors (Lipinski definition) is 2. The SMILES string of the molecule is CNS(=O)(=O)c1ccc(F)c(NCc2cnc(Cl)s2)c1. The third-order valence-corrected chi connectivity index (χ3v) is 5.02. The molecule has 0 unspecified atom stereocenters. The monoisotopic (exact) mass is 335 g/mol. The normalized spacial score (nSPS) is 11.6. The summed E-state index contributed by atoms with van der Waals surface area (Å²) in [4.78, 5) is 4.67. The molecule has 0 atom stereocenters. The lowest BCUT2D eigenvalue weighted by molar-refractivity contribution is 0.587. The van der Waals surface area contributed by atoms with E-state index in [1.807, 2.05) is 0 Å². The molecule has 0 radical (unpaired) electrons. The number of benzene rings is 1. The van der Waals surface area contributed by atoms with Crippen LogP contribution in [-0.2, 0) is 16.6 Å². The Bertz CT molecular complexity index is 718. The lowest BCUT2D eigenvalue weighted by atomic mass is 10.3. The first-order valence-electron chi connectivity index (χ1n) is 5.49. The van der Waals surface area contributed by atoms with E-state index in [2.05, 4.69) is 15.0 Å². The van der Waals surface area contributed by atoms with Crippen LogP contribution >= 0.6 is 22.9 Å². The smallest absolute Gasteiger partial charge is 0.240 e. The minimum Gasteiger partial charge on any atom is -0.378 e. The van der Waals surface area contributed by atoms with E-state index in [1.54, 1.807) is 6.20 Å². The standard InChI is InChI=1S/C11H11ClFN3O2S2/c1-14-20(17,18)8-2-3-9(13)10(4-8)15-5-7-6-16-11(12)19-7/h2-4,6,14-15H,5H2,1H3. The van der Waals surface area contributed by atoms with Gasteiger partial charge in [0.1, 0.15) is 5.82 Å². The van der Waals surface area contributed by atoms with E-state index >= 15 is 0 Å². The number of halogens is 2. The van der Waals surface area contributed by atoms with Crippen molar-refractivity contribution in [3.63, 3.8) is 0 Å². The average Bonchev–Trinajstić information content (AvgIpc) is 2.83. The van der Waals surface area contributed by atoms with Crippen LogP contribution in [0.5, 0.6) is 0 Å². The van der Waals surface area contributed by atoms with Gasteiger partial charge in [-0.1, -0.05) is 11.6 Å². The molecule has 0 aliphatic carbocycles. The number of nitrogens with one attached hydrogen (secondary N) is 2. The van der Waals surface area contributed by atoms with Crippen molar-refractivity contribution in [2.24, 2.45) is 0 Å². The molecule has 0 aliphatic rings. The van der Waals surface area contributed by atoms with Gasteiger partial charge in [-0.3, -0.25) is 0 Å². The highest BCUT2D eigenvalue weighted by molar-refractivity contribution is 7.89. The summed E-state index contributed by atoms with van der Waals surface area (Å²) < 4.78 is 39.5. The summed E-state index contributed by atoms with van der Waals surface area (Å²) >= 11 is 6.96. The average molecular weight is 336 g/mol. The van der Waals surface area contributed by atoms with E-state index in [4.69, 9.17) is 11.6 Å². The van der Waals surface area contributed by atoms with Crippen LogP contribution in [0.1, 0.15) is 4.88 Å². The van der Waals surface area contributed by atoms with Crippen molar-refractivity contribution < 1.29 is 12.8 Å². The van der Waals surface area contributed by atoms with E-state index in [9.17, 15) is 12.8 Å². The van der Waals surface area contributed by atoms with Crippen LogP contribution in [0.3, 0.4) is 0 Å². The molecule has 2 N–H and O–H groups in total. The Morgan fingerprint density at radius 1 is 1.45 bits per heavy atom. The second-order valence-corrected chi connectivity index (χ2v) is 7.37. The molecule has 0 aliphatic heterocycles. The third-order valence-electron chi connectivity index (χ3n) is 2.50. The first-order valence-corrected chi connectivity index (χ1v) is 8.17. The fourth-order valence-corrected chi connectivity index (χ4v) is 3.15. The van der Waals surface area contributed by atoms with Gasteiger partial charge < -0.3 is 5.32 Å². The van der Waals surface area contributed by atoms with Gasteiger partial charge in [0.05, 0.1) is 17.1 Å². The first-order chi connectivity index (χ1) is 9.42. The molecule has 5 nitrogen and oxygen atoms in total. The molecule has 0 bridgehead atoms. The second kappa shape index (κ2) is 6.04. The maximum absolute atomic E-state index is 13.7. The molecule has 9 heteroatoms. The summed E-state index contributed by atoms with van der Waals surface area (Å²) in [5.41, 5.74) is 0.103. The summed E-state index contributed by atoms with van der Waals surface area (Å²) in [6.07, 6.45) is 1.58. The molecule has 0 spiro atoms. The molecule has 1 heterocycles. The zero-order chi connectivity index (χ0) is 14.8. The van der Waals surface area contributed by atoms with Gasteiger partial charge in [0.25, 0.3) is 0 Å². The fraction of sp³-hybridized carbons (Fsp3) is 0.182. The molecule has 20 heavy (non-hydrogen) atoms. The zero-order valence-electron chi connectivity index (χ0n) is 10.4. The van der Waals surface area contributed by atoms with E-state index in [0.29, 0.717) is 11.0 Å². The minimum absolute atomic E-state index is 0.00811. The molecule has 0 fully saturated rings. The first kappa shape index (κ1) is 15.2. The maximum atomic E-state index is 13.7. The van der Waals surface area contributed by atoms with Gasteiger partial charge in [-0.25, -0.2) is 22.5 Å². The van der Waals surface area contributed by atoms with Gasteiger partial charge in [0.2, 0.25) is 10.0 Å². The van der Waals surface area contributed by atoms with Crippen molar-refractivity contribution >= 4 is 38.6 Å². The third kappa shape index (κ3) is 3.45. The molecular formula is C11H11ClFN3O2S2. The zero-order valence-corrected chi connectivity index (χ0v) is 12.7. The van der Waals surface area contributed by atoms with Crippen molar-refractivity contribution in [1.29, 1.82) is 0 Å². The van der Waals surface area contributed by atoms with Crippen LogP contribution in [0.2, 0.25) is 4.47 Å². The van der Waals surface area contributed by atoms with Gasteiger partial charge in [0.15, 0.2) is 4.47 Å². The van der Waals surface area contributed by atoms with Crippen LogP contribution in [0.4, 0.5) is 10.1 Å². The molecule has 0 saturated carbocycles. The summed E-state index contributed by atoms with van der Waals surface area (Å²) in [7, 11) is -2.31. The molecule has 1 aromatic heterocycles. The predicted octanol–water partition coefficient (Wildman–Crippen LogP) is 2.46. The van der Waals surface area contributed by atoms with E-state index in [0.717, 1.165) is 10.9 Å². The van der Waals surface area contributed by atoms with Gasteiger partial charge in [-0.2, -0.15) is 0 Å². The number of aromatic nitrogens is 1. The fourth-order valence-electron chi connectivity index (χ4n) is 1.47. The molecular weight excluding hydrogens is 325 g/mol. The van der Waals surface area contributed by atoms with Crippen molar-refractivity contribution in [3.05, 3.63) is 39.6 Å². The van der Waals surface area contributed by atoms with Crippen molar-refractivity contribution in [1.82, 2.24) is 9.71 Å². The van der Waals surface area contributed by atoms with Gasteiger partial charge >= 0.3 is 0 Å². The number of sulfonamides is 1. The summed E-state index contributed by atoms with van der Waals surface area (Å²) in [5, 5.41) is 2.82. The Hall–Kier alpha value is -1.22. The van der Waals surface area contributed by atoms with Crippen molar-refractivity contribution in [2.75, 3.05) is 12.4 Å². The number of thiazole rings is 1. The molecule has 0 amide bonds. The lowest BCUT2D eigenvalue weighted by Gasteiger charge is -2.09. The van der Waals surface area contributed by atoms with Crippen LogP contribution < -0.4 is 10.0 Å². The van der Waals surface area contributed by atoms with Crippen LogP contribution in [0.15, 0.2) is 29.3 Å². The molecule has 108 valence electrons. The maximum Gasteiger partial charge on any atom is 0.240 e. The van der Waals surface area contributed by atoms with Crippen LogP contribution in [-0.4, -0.2) is 20.4 Å². The number of nitrogens with zero attached hydrogens (tertiary/aromatic N) is 1. The Morgan fingerprint density at radius 3 is 2.80 bits per heavy atom. The van der Waals surface area contributed by atoms with Crippen LogP contribution in [0, 0.1) is 5.82 Å². The summed E-state index contributed by atoms with van der Waals surface area (Å²) in [6, 6.07) is 3.55. The molecule has 2 rings (SSSR count). The van der Waals surface area contributed by atoms with Gasteiger partial charge in [-0.15, -0.1) is 11.3 Å². The Kier molecular flexibility index (Phi) is 4.59. The largest absolute Gasteiger partial charge is 0.378 e. The van der Waals surface area contributed by atoms with E-state index in [1.165, 1.54) is 30.5 Å².